The molecule has 0 fully saturated rings. The molecule has 0 radical (unpaired) electrons. The zero-order valence-corrected chi connectivity index (χ0v) is 16.9. The molecule has 1 aromatic carbocycles. The van der Waals surface area contributed by atoms with Gasteiger partial charge in [0, 0.05) is 19.3 Å². The summed E-state index contributed by atoms with van der Waals surface area (Å²) in [6.07, 6.45) is 3.05. The Morgan fingerprint density at radius 1 is 1.17 bits per heavy atom. The number of H-pyrrole nitrogens is 1. The molecule has 9 nitrogen and oxygen atoms in total. The standard InChI is InChI=1S/C20H17N7O2S/c1-27-20(28)18-14(23-13-5-3-4-6-15(13)30(2)29)9-17(25-19(18)26-27)24-16-8-7-12(10-21)11-22-16/h3-9,11H,1-2H3,(H3,22,23,24,25,26). The van der Waals surface area contributed by atoms with Crippen LogP contribution in [-0.2, 0) is 18.2 Å². The number of fused-ring (bicyclic) bond motifs is 1. The SMILES string of the molecule is Cn1[nH]c2nc(Nc3ccc(C#N)cn3)cc(Nc3ccccc3[S+](C)[O-])c2c1=O. The van der Waals surface area contributed by atoms with E-state index in [1.54, 1.807) is 43.6 Å². The fourth-order valence-electron chi connectivity index (χ4n) is 3.01. The molecule has 0 spiro atoms. The Bertz CT molecular complexity index is 1320. The van der Waals surface area contributed by atoms with Crippen LogP contribution in [0.4, 0.5) is 23.0 Å². The number of para-hydroxylation sites is 1. The van der Waals surface area contributed by atoms with Gasteiger partial charge in [0.1, 0.15) is 29.3 Å². The molecule has 3 aromatic heterocycles. The highest BCUT2D eigenvalue weighted by Crippen LogP contribution is 2.30. The van der Waals surface area contributed by atoms with Gasteiger partial charge in [0.25, 0.3) is 5.56 Å². The molecule has 0 aliphatic rings. The van der Waals surface area contributed by atoms with Crippen LogP contribution in [0.1, 0.15) is 5.56 Å². The molecule has 150 valence electrons. The minimum atomic E-state index is -1.21. The quantitative estimate of drug-likeness (QED) is 0.423. The topological polar surface area (TPSA) is 134 Å². The Morgan fingerprint density at radius 2 is 1.97 bits per heavy atom. The summed E-state index contributed by atoms with van der Waals surface area (Å²) in [5.74, 6) is 0.944. The van der Waals surface area contributed by atoms with E-state index in [2.05, 4.69) is 25.7 Å². The van der Waals surface area contributed by atoms with Crippen molar-refractivity contribution in [3.63, 3.8) is 0 Å². The first-order chi connectivity index (χ1) is 14.5. The number of rotatable bonds is 5. The number of aryl methyl sites for hydroxylation is 1. The third-order valence-corrected chi connectivity index (χ3v) is 5.40. The highest BCUT2D eigenvalue weighted by molar-refractivity contribution is 7.90. The van der Waals surface area contributed by atoms with E-state index in [9.17, 15) is 9.35 Å². The van der Waals surface area contributed by atoms with E-state index in [1.807, 2.05) is 18.2 Å². The number of hydrogen-bond donors (Lipinski definition) is 3. The monoisotopic (exact) mass is 419 g/mol. The van der Waals surface area contributed by atoms with Crippen LogP contribution in [0.25, 0.3) is 11.0 Å². The highest BCUT2D eigenvalue weighted by Gasteiger charge is 2.17. The second-order valence-electron chi connectivity index (χ2n) is 6.50. The fourth-order valence-corrected chi connectivity index (χ4v) is 3.71. The van der Waals surface area contributed by atoms with Crippen molar-refractivity contribution < 1.29 is 4.55 Å². The van der Waals surface area contributed by atoms with Crippen molar-refractivity contribution in [2.24, 2.45) is 7.05 Å². The normalized spacial score (nSPS) is 11.8. The molecular formula is C20H17N7O2S. The molecule has 0 amide bonds. The number of aromatic nitrogens is 4. The van der Waals surface area contributed by atoms with Gasteiger partial charge in [-0.2, -0.15) is 5.26 Å². The van der Waals surface area contributed by atoms with Crippen molar-refractivity contribution in [2.75, 3.05) is 16.9 Å². The van der Waals surface area contributed by atoms with Gasteiger partial charge in [-0.05, 0) is 35.4 Å². The third kappa shape index (κ3) is 3.71. The van der Waals surface area contributed by atoms with Crippen molar-refractivity contribution in [3.05, 3.63) is 64.6 Å². The van der Waals surface area contributed by atoms with E-state index in [1.165, 1.54) is 10.9 Å². The van der Waals surface area contributed by atoms with E-state index in [4.69, 9.17) is 5.26 Å². The molecule has 1 atom stereocenters. The van der Waals surface area contributed by atoms with Gasteiger partial charge in [-0.1, -0.05) is 12.1 Å². The van der Waals surface area contributed by atoms with E-state index >= 15 is 0 Å². The van der Waals surface area contributed by atoms with Crippen molar-refractivity contribution in [3.8, 4) is 6.07 Å². The molecule has 0 bridgehead atoms. The Hall–Kier alpha value is -3.81. The van der Waals surface area contributed by atoms with Gasteiger partial charge >= 0.3 is 0 Å². The van der Waals surface area contributed by atoms with Crippen LogP contribution in [0.3, 0.4) is 0 Å². The van der Waals surface area contributed by atoms with Crippen LogP contribution in [0.15, 0.2) is 58.4 Å². The minimum Gasteiger partial charge on any atom is -0.612 e. The molecule has 3 N–H and O–H groups in total. The van der Waals surface area contributed by atoms with Crippen LogP contribution in [-0.4, -0.2) is 30.6 Å². The predicted molar refractivity (Wildman–Crippen MR) is 116 cm³/mol. The summed E-state index contributed by atoms with van der Waals surface area (Å²) in [5.41, 5.74) is 1.74. The van der Waals surface area contributed by atoms with Gasteiger partial charge in [-0.15, -0.1) is 0 Å². The van der Waals surface area contributed by atoms with Gasteiger partial charge in [-0.25, -0.2) is 9.97 Å². The molecule has 1 unspecified atom stereocenters. The van der Waals surface area contributed by atoms with Gasteiger partial charge in [0.2, 0.25) is 0 Å². The zero-order chi connectivity index (χ0) is 21.3. The van der Waals surface area contributed by atoms with Crippen LogP contribution in [0, 0.1) is 11.3 Å². The number of anilines is 4. The lowest BCUT2D eigenvalue weighted by atomic mass is 10.2. The van der Waals surface area contributed by atoms with Crippen LogP contribution in [0.5, 0.6) is 0 Å². The average Bonchev–Trinajstić information content (AvgIpc) is 3.02. The van der Waals surface area contributed by atoms with Crippen LogP contribution >= 0.6 is 0 Å². The summed E-state index contributed by atoms with van der Waals surface area (Å²) in [5, 5.41) is 18.5. The second kappa shape index (κ2) is 7.90. The maximum Gasteiger partial charge on any atom is 0.277 e. The van der Waals surface area contributed by atoms with Crippen molar-refractivity contribution in [2.45, 2.75) is 4.90 Å². The Labute approximate surface area is 174 Å². The molecule has 30 heavy (non-hydrogen) atoms. The zero-order valence-electron chi connectivity index (χ0n) is 16.1. The van der Waals surface area contributed by atoms with E-state index in [-0.39, 0.29) is 5.56 Å². The molecular weight excluding hydrogens is 402 g/mol. The molecule has 0 aliphatic carbocycles. The summed E-state index contributed by atoms with van der Waals surface area (Å²) < 4.78 is 13.4. The summed E-state index contributed by atoms with van der Waals surface area (Å²) >= 11 is -1.21. The van der Waals surface area contributed by atoms with E-state index < -0.39 is 11.2 Å². The molecule has 0 aliphatic heterocycles. The first-order valence-corrected chi connectivity index (χ1v) is 10.4. The lowest BCUT2D eigenvalue weighted by molar-refractivity contribution is 0.601. The number of aromatic amines is 1. The number of hydrogen-bond acceptors (Lipinski definition) is 7. The van der Waals surface area contributed by atoms with Gasteiger partial charge in [0.15, 0.2) is 10.5 Å². The smallest absolute Gasteiger partial charge is 0.277 e. The van der Waals surface area contributed by atoms with E-state index in [0.717, 1.165) is 0 Å². The number of benzene rings is 1. The average molecular weight is 419 g/mol. The number of pyridine rings is 2. The molecule has 4 aromatic rings. The van der Waals surface area contributed by atoms with Crippen molar-refractivity contribution >= 4 is 45.2 Å². The summed E-state index contributed by atoms with van der Waals surface area (Å²) in [7, 11) is 1.61. The number of nitriles is 1. The highest BCUT2D eigenvalue weighted by atomic mass is 32.2. The van der Waals surface area contributed by atoms with Crippen LogP contribution in [0.2, 0.25) is 0 Å². The largest absolute Gasteiger partial charge is 0.612 e. The molecule has 10 heteroatoms. The van der Waals surface area contributed by atoms with Crippen LogP contribution < -0.4 is 16.2 Å². The number of nitrogens with one attached hydrogen (secondary N) is 3. The second-order valence-corrected chi connectivity index (χ2v) is 7.85. The summed E-state index contributed by atoms with van der Waals surface area (Å²) in [6, 6.07) is 14.2. The maximum atomic E-state index is 12.6. The van der Waals surface area contributed by atoms with Gasteiger partial charge in [0.05, 0.1) is 16.9 Å². The molecule has 0 saturated carbocycles. The minimum absolute atomic E-state index is 0.238. The summed E-state index contributed by atoms with van der Waals surface area (Å²) in [4.78, 5) is 21.9. The molecule has 0 saturated heterocycles. The lowest BCUT2D eigenvalue weighted by Crippen LogP contribution is -2.12. The van der Waals surface area contributed by atoms with Gasteiger partial charge < -0.3 is 15.2 Å². The number of nitrogens with zero attached hydrogens (tertiary/aromatic N) is 4. The molecule has 4 rings (SSSR count). The van der Waals surface area contributed by atoms with E-state index in [0.29, 0.717) is 44.5 Å². The Balaban J connectivity index is 1.79. The molecule has 3 heterocycles. The Morgan fingerprint density at radius 3 is 2.67 bits per heavy atom. The summed E-state index contributed by atoms with van der Waals surface area (Å²) in [6.45, 7) is 0. The first kappa shape index (κ1) is 19.5. The third-order valence-electron chi connectivity index (χ3n) is 4.43. The van der Waals surface area contributed by atoms with Crippen molar-refractivity contribution in [1.29, 1.82) is 5.26 Å². The van der Waals surface area contributed by atoms with Gasteiger partial charge in [-0.3, -0.25) is 14.6 Å². The fraction of sp³-hybridized carbons (Fsp3) is 0.100. The first-order valence-electron chi connectivity index (χ1n) is 8.88. The predicted octanol–water partition coefficient (Wildman–Crippen LogP) is 2.75. The maximum absolute atomic E-state index is 12.6. The van der Waals surface area contributed by atoms with Crippen molar-refractivity contribution in [1.82, 2.24) is 19.7 Å². The lowest BCUT2D eigenvalue weighted by Gasteiger charge is -2.13. The Kier molecular flexibility index (Phi) is 5.14.